The van der Waals surface area contributed by atoms with Gasteiger partial charge in [0, 0.05) is 17.6 Å². The van der Waals surface area contributed by atoms with Crippen molar-refractivity contribution >= 4 is 17.4 Å². The maximum absolute atomic E-state index is 13.6. The van der Waals surface area contributed by atoms with Crippen LogP contribution in [0.25, 0.3) is 0 Å². The molecule has 5 nitrogen and oxygen atoms in total. The third-order valence-corrected chi connectivity index (χ3v) is 3.16. The zero-order valence-corrected chi connectivity index (χ0v) is 13.4. The zero-order valence-electron chi connectivity index (χ0n) is 12.6. The smallest absolute Gasteiger partial charge is 0.407 e. The summed E-state index contributed by atoms with van der Waals surface area (Å²) in [5.74, 6) is -3.05. The highest BCUT2D eigenvalue weighted by atomic mass is 32.1. The van der Waals surface area contributed by atoms with Crippen molar-refractivity contribution in [1.29, 1.82) is 0 Å². The number of aryl methyl sites for hydroxylation is 1. The molecule has 1 aromatic rings. The molecule has 120 valence electrons. The van der Waals surface area contributed by atoms with Gasteiger partial charge in [-0.3, -0.25) is 0 Å². The summed E-state index contributed by atoms with van der Waals surface area (Å²) in [6.45, 7) is 5.90. The highest BCUT2D eigenvalue weighted by molar-refractivity contribution is 7.11. The van der Waals surface area contributed by atoms with E-state index in [0.717, 1.165) is 9.88 Å². The Kier molecular flexibility index (Phi) is 6.03. The number of nitrogens with one attached hydrogen (secondary N) is 2. The van der Waals surface area contributed by atoms with Crippen LogP contribution >= 0.6 is 11.3 Å². The molecule has 0 aliphatic carbocycles. The summed E-state index contributed by atoms with van der Waals surface area (Å²) in [5, 5.41) is 5.62. The molecule has 1 heterocycles. The number of nitrogens with zero attached hydrogens (tertiary/aromatic N) is 1. The van der Waals surface area contributed by atoms with Gasteiger partial charge in [0.15, 0.2) is 0 Å². The molecule has 2 N–H and O–H groups in total. The van der Waals surface area contributed by atoms with Crippen molar-refractivity contribution in [3.63, 3.8) is 0 Å². The van der Waals surface area contributed by atoms with Crippen molar-refractivity contribution in [3.8, 4) is 0 Å². The van der Waals surface area contributed by atoms with Crippen LogP contribution in [0.2, 0.25) is 0 Å². The van der Waals surface area contributed by atoms with E-state index in [4.69, 9.17) is 4.74 Å². The predicted molar refractivity (Wildman–Crippen MR) is 77.7 cm³/mol. The van der Waals surface area contributed by atoms with Crippen LogP contribution in [-0.2, 0) is 11.3 Å². The molecule has 0 fully saturated rings. The lowest BCUT2D eigenvalue weighted by Gasteiger charge is -2.22. The Morgan fingerprint density at radius 2 is 2.05 bits per heavy atom. The van der Waals surface area contributed by atoms with Crippen LogP contribution in [0.3, 0.4) is 0 Å². The Labute approximate surface area is 127 Å². The summed E-state index contributed by atoms with van der Waals surface area (Å²) in [6, 6.07) is 0. The summed E-state index contributed by atoms with van der Waals surface area (Å²) in [4.78, 5) is 16.2. The fraction of sp³-hybridized carbons (Fsp3) is 0.692. The first kappa shape index (κ1) is 17.8. The molecule has 0 bridgehead atoms. The molecule has 0 spiro atoms. The highest BCUT2D eigenvalue weighted by Gasteiger charge is 2.30. The minimum Gasteiger partial charge on any atom is -0.444 e. The number of thiazole rings is 1. The van der Waals surface area contributed by atoms with Crippen molar-refractivity contribution in [3.05, 3.63) is 16.1 Å². The molecule has 21 heavy (non-hydrogen) atoms. The Balaban J connectivity index is 2.28. The van der Waals surface area contributed by atoms with E-state index in [1.165, 1.54) is 11.3 Å². The summed E-state index contributed by atoms with van der Waals surface area (Å²) in [7, 11) is 0. The average Bonchev–Trinajstić information content (AvgIpc) is 2.70. The number of hydrogen-bond donors (Lipinski definition) is 2. The van der Waals surface area contributed by atoms with E-state index in [0.29, 0.717) is 6.54 Å². The number of halogens is 2. The maximum atomic E-state index is 13.6. The average molecular weight is 321 g/mol. The SMILES string of the molecule is Cc1ncc(CNCC(F)(F)CNC(=O)OC(C)(C)C)s1. The number of hydrogen-bond acceptors (Lipinski definition) is 5. The molecule has 1 rings (SSSR count). The molecule has 8 heteroatoms. The van der Waals surface area contributed by atoms with Crippen LogP contribution in [0, 0.1) is 6.92 Å². The number of amides is 1. The fourth-order valence-electron chi connectivity index (χ4n) is 1.43. The number of carbonyl (C=O) groups excluding carboxylic acids is 1. The maximum Gasteiger partial charge on any atom is 0.407 e. The summed E-state index contributed by atoms with van der Waals surface area (Å²) in [5.41, 5.74) is -0.707. The van der Waals surface area contributed by atoms with E-state index in [1.807, 2.05) is 6.92 Å². The lowest BCUT2D eigenvalue weighted by atomic mass is 10.2. The van der Waals surface area contributed by atoms with Gasteiger partial charge in [-0.1, -0.05) is 0 Å². The van der Waals surface area contributed by atoms with Gasteiger partial charge in [0.1, 0.15) is 5.60 Å². The van der Waals surface area contributed by atoms with Crippen molar-refractivity contribution < 1.29 is 18.3 Å². The van der Waals surface area contributed by atoms with Gasteiger partial charge >= 0.3 is 6.09 Å². The van der Waals surface area contributed by atoms with Gasteiger partial charge in [-0.05, 0) is 27.7 Å². The van der Waals surface area contributed by atoms with E-state index in [1.54, 1.807) is 27.0 Å². The Morgan fingerprint density at radius 1 is 1.38 bits per heavy atom. The van der Waals surface area contributed by atoms with E-state index >= 15 is 0 Å². The summed E-state index contributed by atoms with van der Waals surface area (Å²) < 4.78 is 32.1. The quantitative estimate of drug-likeness (QED) is 0.845. The summed E-state index contributed by atoms with van der Waals surface area (Å²) >= 11 is 1.45. The molecule has 0 unspecified atom stereocenters. The minimum atomic E-state index is -3.05. The zero-order chi connectivity index (χ0) is 16.1. The molecule has 0 saturated carbocycles. The molecular formula is C13H21F2N3O2S. The van der Waals surface area contributed by atoms with Gasteiger partial charge in [-0.25, -0.2) is 18.6 Å². The van der Waals surface area contributed by atoms with Crippen molar-refractivity contribution in [1.82, 2.24) is 15.6 Å². The number of aromatic nitrogens is 1. The van der Waals surface area contributed by atoms with Gasteiger partial charge in [0.05, 0.1) is 18.1 Å². The first-order chi connectivity index (χ1) is 9.57. The van der Waals surface area contributed by atoms with Crippen molar-refractivity contribution in [2.45, 2.75) is 45.8 Å². The van der Waals surface area contributed by atoms with Gasteiger partial charge in [-0.15, -0.1) is 11.3 Å². The second-order valence-corrected chi connectivity index (χ2v) is 6.98. The minimum absolute atomic E-state index is 0.327. The lowest BCUT2D eigenvalue weighted by molar-refractivity contribution is -0.00372. The second kappa shape index (κ2) is 7.13. The Hall–Kier alpha value is -1.28. The lowest BCUT2D eigenvalue weighted by Crippen LogP contribution is -2.44. The molecule has 0 saturated heterocycles. The van der Waals surface area contributed by atoms with E-state index in [9.17, 15) is 13.6 Å². The van der Waals surface area contributed by atoms with Gasteiger partial charge in [0.25, 0.3) is 5.92 Å². The fourth-order valence-corrected chi connectivity index (χ4v) is 2.20. The van der Waals surface area contributed by atoms with Crippen molar-refractivity contribution in [2.75, 3.05) is 13.1 Å². The van der Waals surface area contributed by atoms with Crippen LogP contribution in [0.4, 0.5) is 13.6 Å². The predicted octanol–water partition coefficient (Wildman–Crippen LogP) is 2.70. The van der Waals surface area contributed by atoms with E-state index in [-0.39, 0.29) is 0 Å². The molecule has 0 radical (unpaired) electrons. The number of ether oxygens (including phenoxy) is 1. The van der Waals surface area contributed by atoms with Crippen LogP contribution in [0.15, 0.2) is 6.20 Å². The molecular weight excluding hydrogens is 300 g/mol. The molecule has 0 aromatic carbocycles. The standard InChI is InChI=1S/C13H21F2N3O2S/c1-9-17-6-10(21-9)5-16-7-13(14,15)8-18-11(19)20-12(2,3)4/h6,16H,5,7-8H2,1-4H3,(H,18,19). The Morgan fingerprint density at radius 3 is 2.57 bits per heavy atom. The van der Waals surface area contributed by atoms with Gasteiger partial charge in [0.2, 0.25) is 0 Å². The third kappa shape index (κ3) is 7.91. The molecule has 0 atom stereocenters. The largest absolute Gasteiger partial charge is 0.444 e. The second-order valence-electron chi connectivity index (χ2n) is 5.66. The van der Waals surface area contributed by atoms with Gasteiger partial charge in [-0.2, -0.15) is 0 Å². The van der Waals surface area contributed by atoms with E-state index < -0.39 is 30.7 Å². The topological polar surface area (TPSA) is 63.2 Å². The molecule has 1 amide bonds. The molecule has 0 aliphatic rings. The number of alkyl carbamates (subject to hydrolysis) is 1. The number of rotatable bonds is 6. The van der Waals surface area contributed by atoms with Gasteiger partial charge < -0.3 is 15.4 Å². The van der Waals surface area contributed by atoms with Crippen LogP contribution < -0.4 is 10.6 Å². The first-order valence-corrected chi connectivity index (χ1v) is 7.36. The Bertz CT molecular complexity index is 472. The first-order valence-electron chi connectivity index (χ1n) is 6.54. The molecule has 1 aromatic heterocycles. The third-order valence-electron chi connectivity index (χ3n) is 2.24. The number of carbonyl (C=O) groups is 1. The van der Waals surface area contributed by atoms with E-state index in [2.05, 4.69) is 15.6 Å². The van der Waals surface area contributed by atoms with Crippen molar-refractivity contribution in [2.24, 2.45) is 0 Å². The molecule has 0 aliphatic heterocycles. The van der Waals surface area contributed by atoms with Crippen LogP contribution in [0.5, 0.6) is 0 Å². The monoisotopic (exact) mass is 321 g/mol. The summed E-state index contributed by atoms with van der Waals surface area (Å²) in [6.07, 6.45) is 0.810. The highest BCUT2D eigenvalue weighted by Crippen LogP contribution is 2.14. The number of alkyl halides is 2. The van der Waals surface area contributed by atoms with Crippen LogP contribution in [-0.4, -0.2) is 35.7 Å². The normalized spacial score (nSPS) is 12.3. The van der Waals surface area contributed by atoms with Crippen LogP contribution in [0.1, 0.15) is 30.7 Å².